The minimum Gasteiger partial charge on any atom is -0.493 e. The van der Waals surface area contributed by atoms with Crippen LogP contribution in [0.25, 0.3) is 0 Å². The van der Waals surface area contributed by atoms with Crippen molar-refractivity contribution in [2.45, 2.75) is 38.1 Å². The summed E-state index contributed by atoms with van der Waals surface area (Å²) in [6.07, 6.45) is 6.40. The van der Waals surface area contributed by atoms with Gasteiger partial charge in [0, 0.05) is 12.1 Å². The number of hydrogen-bond acceptors (Lipinski definition) is 3. The fourth-order valence-electron chi connectivity index (χ4n) is 2.51. The van der Waals surface area contributed by atoms with E-state index < -0.39 is 0 Å². The number of methoxy groups -OCH3 is 1. The van der Waals surface area contributed by atoms with Crippen molar-refractivity contribution >= 4 is 17.4 Å². The molecule has 0 amide bonds. The Labute approximate surface area is 114 Å². The normalized spacial score (nSPS) is 27.8. The molecule has 1 N–H and O–H groups in total. The number of rotatable bonds is 4. The second-order valence-electron chi connectivity index (χ2n) is 5.28. The number of hydrogen-bond donors (Lipinski definition) is 1. The van der Waals surface area contributed by atoms with Crippen LogP contribution in [0.5, 0.6) is 5.75 Å². The van der Waals surface area contributed by atoms with Gasteiger partial charge in [-0.05, 0) is 43.7 Å². The zero-order chi connectivity index (χ0) is 13.0. The van der Waals surface area contributed by atoms with Crippen LogP contribution in [0.2, 0.25) is 0 Å². The number of nitrogens with zero attached hydrogens (tertiary/aromatic N) is 1. The molecule has 1 aromatic rings. The summed E-state index contributed by atoms with van der Waals surface area (Å²) in [6.45, 7) is 2.31. The topological polar surface area (TPSA) is 34.1 Å². The smallest absolute Gasteiger partial charge is 0.169 e. The molecular formula is C14H21ClN2O. The minimum atomic E-state index is -0.0320. The third-order valence-corrected chi connectivity index (χ3v) is 4.37. The summed E-state index contributed by atoms with van der Waals surface area (Å²) < 4.78 is 5.33. The van der Waals surface area contributed by atoms with Gasteiger partial charge in [-0.25, -0.2) is 4.98 Å². The molecule has 1 aliphatic rings. The van der Waals surface area contributed by atoms with E-state index in [4.69, 9.17) is 16.3 Å². The van der Waals surface area contributed by atoms with Gasteiger partial charge < -0.3 is 10.1 Å². The van der Waals surface area contributed by atoms with Gasteiger partial charge in [-0.3, -0.25) is 0 Å². The average molecular weight is 269 g/mol. The monoisotopic (exact) mass is 268 g/mol. The van der Waals surface area contributed by atoms with Gasteiger partial charge in [0.25, 0.3) is 0 Å². The molecule has 3 nitrogen and oxygen atoms in total. The maximum atomic E-state index is 6.20. The van der Waals surface area contributed by atoms with Crippen LogP contribution in [0, 0.1) is 5.92 Å². The molecule has 1 saturated carbocycles. The fourth-order valence-corrected chi connectivity index (χ4v) is 2.84. The van der Waals surface area contributed by atoms with Crippen LogP contribution >= 0.6 is 11.6 Å². The number of nitrogens with one attached hydrogen (secondary N) is 1. The molecule has 0 spiro atoms. The molecule has 100 valence electrons. The van der Waals surface area contributed by atoms with Crippen molar-refractivity contribution in [1.29, 1.82) is 0 Å². The molecular weight excluding hydrogens is 248 g/mol. The second kappa shape index (κ2) is 5.79. The molecule has 0 bridgehead atoms. The first-order valence-corrected chi connectivity index (χ1v) is 7.06. The van der Waals surface area contributed by atoms with Crippen molar-refractivity contribution in [3.05, 3.63) is 18.3 Å². The lowest BCUT2D eigenvalue weighted by atomic mass is 9.78. The van der Waals surface area contributed by atoms with Crippen LogP contribution in [0.4, 0.5) is 5.82 Å². The Morgan fingerprint density at radius 3 is 2.83 bits per heavy atom. The second-order valence-corrected chi connectivity index (χ2v) is 5.54. The Kier molecular flexibility index (Phi) is 4.33. The Morgan fingerprint density at radius 1 is 1.50 bits per heavy atom. The lowest BCUT2D eigenvalue weighted by Crippen LogP contribution is -2.43. The van der Waals surface area contributed by atoms with E-state index in [1.54, 1.807) is 13.3 Å². The van der Waals surface area contributed by atoms with Crippen LogP contribution in [-0.2, 0) is 0 Å². The molecule has 1 fully saturated rings. The highest BCUT2D eigenvalue weighted by Gasteiger charge is 2.34. The number of anilines is 1. The highest BCUT2D eigenvalue weighted by molar-refractivity contribution is 6.18. The zero-order valence-electron chi connectivity index (χ0n) is 11.1. The van der Waals surface area contributed by atoms with Crippen LogP contribution in [-0.4, -0.2) is 23.5 Å². The van der Waals surface area contributed by atoms with Gasteiger partial charge in [0.05, 0.1) is 12.6 Å². The van der Waals surface area contributed by atoms with Crippen molar-refractivity contribution in [3.8, 4) is 5.75 Å². The van der Waals surface area contributed by atoms with E-state index in [1.807, 2.05) is 12.1 Å². The Morgan fingerprint density at radius 2 is 2.22 bits per heavy atom. The standard InChI is InChI=1S/C14H21ClN2O/c1-11-5-7-14(10-15,8-6-11)17-13-12(18-2)4-3-9-16-13/h3-4,9,11H,5-8,10H2,1-2H3,(H,16,17). The molecule has 1 aromatic heterocycles. The lowest BCUT2D eigenvalue weighted by molar-refractivity contribution is 0.285. The predicted molar refractivity (Wildman–Crippen MR) is 75.5 cm³/mol. The number of halogens is 1. The van der Waals surface area contributed by atoms with Crippen molar-refractivity contribution in [2.24, 2.45) is 5.92 Å². The SMILES string of the molecule is COc1cccnc1NC1(CCl)CCC(C)CC1. The van der Waals surface area contributed by atoms with E-state index in [9.17, 15) is 0 Å². The number of pyridine rings is 1. The molecule has 0 radical (unpaired) electrons. The zero-order valence-corrected chi connectivity index (χ0v) is 11.8. The Hall–Kier alpha value is -0.960. The molecule has 4 heteroatoms. The molecule has 0 atom stereocenters. The largest absolute Gasteiger partial charge is 0.493 e. The molecule has 2 rings (SSSR count). The third kappa shape index (κ3) is 2.89. The Balaban J connectivity index is 2.15. The van der Waals surface area contributed by atoms with Crippen LogP contribution < -0.4 is 10.1 Å². The van der Waals surface area contributed by atoms with Gasteiger partial charge in [-0.15, -0.1) is 11.6 Å². The van der Waals surface area contributed by atoms with Gasteiger partial charge in [0.2, 0.25) is 0 Å². The van der Waals surface area contributed by atoms with Gasteiger partial charge in [-0.1, -0.05) is 6.92 Å². The van der Waals surface area contributed by atoms with E-state index >= 15 is 0 Å². The molecule has 0 aliphatic heterocycles. The van der Waals surface area contributed by atoms with E-state index in [0.717, 1.165) is 30.3 Å². The summed E-state index contributed by atoms with van der Waals surface area (Å²) in [5, 5.41) is 3.52. The van der Waals surface area contributed by atoms with Crippen molar-refractivity contribution in [2.75, 3.05) is 18.3 Å². The maximum absolute atomic E-state index is 6.20. The van der Waals surface area contributed by atoms with Crippen LogP contribution in [0.3, 0.4) is 0 Å². The summed E-state index contributed by atoms with van der Waals surface area (Å²) in [6, 6.07) is 3.79. The van der Waals surface area contributed by atoms with Crippen molar-refractivity contribution < 1.29 is 4.74 Å². The predicted octanol–water partition coefficient (Wildman–Crippen LogP) is 3.69. The first-order chi connectivity index (χ1) is 8.69. The molecule has 1 heterocycles. The summed E-state index contributed by atoms with van der Waals surface area (Å²) in [5.74, 6) is 2.99. The van der Waals surface area contributed by atoms with Gasteiger partial charge in [-0.2, -0.15) is 0 Å². The molecule has 0 aromatic carbocycles. The molecule has 1 aliphatic carbocycles. The quantitative estimate of drug-likeness (QED) is 0.846. The lowest BCUT2D eigenvalue weighted by Gasteiger charge is -2.39. The highest BCUT2D eigenvalue weighted by Crippen LogP contribution is 2.36. The fraction of sp³-hybridized carbons (Fsp3) is 0.643. The Bertz CT molecular complexity index is 389. The third-order valence-electron chi connectivity index (χ3n) is 3.86. The van der Waals surface area contributed by atoms with E-state index in [0.29, 0.717) is 5.88 Å². The summed E-state index contributed by atoms with van der Waals surface area (Å²) in [4.78, 5) is 4.36. The average Bonchev–Trinajstić information content (AvgIpc) is 2.42. The summed E-state index contributed by atoms with van der Waals surface area (Å²) in [5.41, 5.74) is -0.0320. The molecule has 0 unspecified atom stereocenters. The first kappa shape index (κ1) is 13.5. The number of alkyl halides is 1. The van der Waals surface area contributed by atoms with Crippen molar-refractivity contribution in [3.63, 3.8) is 0 Å². The van der Waals surface area contributed by atoms with E-state index in [-0.39, 0.29) is 5.54 Å². The van der Waals surface area contributed by atoms with Crippen LogP contribution in [0.1, 0.15) is 32.6 Å². The number of ether oxygens (including phenoxy) is 1. The minimum absolute atomic E-state index is 0.0320. The van der Waals surface area contributed by atoms with Crippen molar-refractivity contribution in [1.82, 2.24) is 4.98 Å². The van der Waals surface area contributed by atoms with E-state index in [1.165, 1.54) is 12.8 Å². The maximum Gasteiger partial charge on any atom is 0.169 e. The van der Waals surface area contributed by atoms with Gasteiger partial charge in [0.15, 0.2) is 11.6 Å². The van der Waals surface area contributed by atoms with E-state index in [2.05, 4.69) is 17.2 Å². The summed E-state index contributed by atoms with van der Waals surface area (Å²) in [7, 11) is 1.67. The van der Waals surface area contributed by atoms with Gasteiger partial charge in [0.1, 0.15) is 0 Å². The van der Waals surface area contributed by atoms with Crippen LogP contribution in [0.15, 0.2) is 18.3 Å². The van der Waals surface area contributed by atoms with Gasteiger partial charge >= 0.3 is 0 Å². The first-order valence-electron chi connectivity index (χ1n) is 6.52. The number of aromatic nitrogens is 1. The molecule has 18 heavy (non-hydrogen) atoms. The summed E-state index contributed by atoms with van der Waals surface area (Å²) >= 11 is 6.20. The molecule has 0 saturated heterocycles. The highest BCUT2D eigenvalue weighted by atomic mass is 35.5.